The molecule has 0 unspecified atom stereocenters. The van der Waals surface area contributed by atoms with Crippen molar-refractivity contribution in [2.45, 2.75) is 13.8 Å². The maximum Gasteiger partial charge on any atom is 0.174 e. The van der Waals surface area contributed by atoms with Crippen LogP contribution < -0.4 is 14.9 Å². The summed E-state index contributed by atoms with van der Waals surface area (Å²) in [4.78, 5) is 0. The van der Waals surface area contributed by atoms with Crippen LogP contribution in [0.3, 0.4) is 0 Å². The second kappa shape index (κ2) is 8.63. The van der Waals surface area contributed by atoms with Crippen LogP contribution in [0, 0.1) is 3.57 Å². The number of para-hydroxylation sites is 1. The fourth-order valence-electron chi connectivity index (χ4n) is 1.90. The summed E-state index contributed by atoms with van der Waals surface area (Å²) in [7, 11) is 0. The SMILES string of the molecule is CCOc1cc(/C=N\Nc2ccccc2)cc(I)c1OCC. The van der Waals surface area contributed by atoms with E-state index in [1.165, 1.54) is 0 Å². The first-order chi connectivity index (χ1) is 10.7. The van der Waals surface area contributed by atoms with Crippen LogP contribution in [0.5, 0.6) is 11.5 Å². The maximum atomic E-state index is 5.66. The monoisotopic (exact) mass is 410 g/mol. The summed E-state index contributed by atoms with van der Waals surface area (Å²) in [6, 6.07) is 13.8. The molecule has 0 atom stereocenters. The fraction of sp³-hybridized carbons (Fsp3) is 0.235. The van der Waals surface area contributed by atoms with Crippen LogP contribution in [0.15, 0.2) is 47.6 Å². The number of hydrazone groups is 1. The Labute approximate surface area is 144 Å². The first-order valence-corrected chi connectivity index (χ1v) is 8.25. The van der Waals surface area contributed by atoms with Crippen molar-refractivity contribution in [3.05, 3.63) is 51.6 Å². The summed E-state index contributed by atoms with van der Waals surface area (Å²) < 4.78 is 12.3. The van der Waals surface area contributed by atoms with E-state index in [4.69, 9.17) is 9.47 Å². The van der Waals surface area contributed by atoms with Crippen LogP contribution in [-0.2, 0) is 0 Å². The molecule has 0 aromatic heterocycles. The van der Waals surface area contributed by atoms with Crippen LogP contribution in [0.4, 0.5) is 5.69 Å². The van der Waals surface area contributed by atoms with Crippen molar-refractivity contribution >= 4 is 34.5 Å². The largest absolute Gasteiger partial charge is 0.490 e. The lowest BCUT2D eigenvalue weighted by Crippen LogP contribution is -2.01. The predicted octanol–water partition coefficient (Wildman–Crippen LogP) is 4.53. The molecule has 2 rings (SSSR count). The molecule has 0 aliphatic heterocycles. The molecule has 0 radical (unpaired) electrons. The third kappa shape index (κ3) is 4.62. The number of benzene rings is 2. The first-order valence-electron chi connectivity index (χ1n) is 7.17. The normalized spacial score (nSPS) is 10.7. The van der Waals surface area contributed by atoms with Crippen LogP contribution in [0.2, 0.25) is 0 Å². The standard InChI is InChI=1S/C17H19IN2O2/c1-3-21-16-11-13(10-15(18)17(16)22-4-2)12-19-20-14-8-6-5-7-9-14/h5-12,20H,3-4H2,1-2H3/b19-12-. The molecule has 4 nitrogen and oxygen atoms in total. The number of anilines is 1. The third-order valence-electron chi connectivity index (χ3n) is 2.80. The molecule has 116 valence electrons. The average Bonchev–Trinajstić information content (AvgIpc) is 2.52. The molecule has 0 amide bonds. The fourth-order valence-corrected chi connectivity index (χ4v) is 2.68. The van der Waals surface area contributed by atoms with Crippen molar-refractivity contribution in [2.24, 2.45) is 5.10 Å². The van der Waals surface area contributed by atoms with E-state index in [9.17, 15) is 0 Å². The summed E-state index contributed by atoms with van der Waals surface area (Å²) in [6.45, 7) is 5.13. The molecule has 0 spiro atoms. The Morgan fingerprint density at radius 2 is 1.82 bits per heavy atom. The minimum absolute atomic E-state index is 0.596. The summed E-state index contributed by atoms with van der Waals surface area (Å²) in [5, 5.41) is 4.26. The summed E-state index contributed by atoms with van der Waals surface area (Å²) in [5.41, 5.74) is 4.91. The Balaban J connectivity index is 2.17. The zero-order valence-electron chi connectivity index (χ0n) is 12.7. The van der Waals surface area contributed by atoms with Crippen molar-refractivity contribution < 1.29 is 9.47 Å². The van der Waals surface area contributed by atoms with E-state index < -0.39 is 0 Å². The minimum atomic E-state index is 0.596. The number of rotatable bonds is 7. The number of nitrogens with one attached hydrogen (secondary N) is 1. The van der Waals surface area contributed by atoms with Crippen LogP contribution in [0.25, 0.3) is 0 Å². The van der Waals surface area contributed by atoms with E-state index in [1.54, 1.807) is 6.21 Å². The average molecular weight is 410 g/mol. The number of hydrogen-bond donors (Lipinski definition) is 1. The molecule has 0 aliphatic carbocycles. The molecule has 2 aromatic carbocycles. The van der Waals surface area contributed by atoms with E-state index in [2.05, 4.69) is 33.1 Å². The van der Waals surface area contributed by atoms with E-state index in [0.29, 0.717) is 13.2 Å². The van der Waals surface area contributed by atoms with Crippen molar-refractivity contribution in [3.8, 4) is 11.5 Å². The Bertz CT molecular complexity index is 630. The second-order valence-corrected chi connectivity index (χ2v) is 5.59. The molecule has 5 heteroatoms. The van der Waals surface area contributed by atoms with E-state index in [1.807, 2.05) is 56.3 Å². The number of ether oxygens (including phenoxy) is 2. The van der Waals surface area contributed by atoms with Crippen molar-refractivity contribution in [3.63, 3.8) is 0 Å². The number of halogens is 1. The third-order valence-corrected chi connectivity index (χ3v) is 3.60. The highest BCUT2D eigenvalue weighted by molar-refractivity contribution is 14.1. The zero-order chi connectivity index (χ0) is 15.8. The topological polar surface area (TPSA) is 42.8 Å². The lowest BCUT2D eigenvalue weighted by molar-refractivity contribution is 0.286. The minimum Gasteiger partial charge on any atom is -0.490 e. The van der Waals surface area contributed by atoms with Gasteiger partial charge >= 0.3 is 0 Å². The van der Waals surface area contributed by atoms with Crippen LogP contribution >= 0.6 is 22.6 Å². The van der Waals surface area contributed by atoms with Gasteiger partial charge in [-0.25, -0.2) is 0 Å². The molecular weight excluding hydrogens is 391 g/mol. The summed E-state index contributed by atoms with van der Waals surface area (Å²) in [6.07, 6.45) is 1.77. The summed E-state index contributed by atoms with van der Waals surface area (Å²) in [5.74, 6) is 1.54. The lowest BCUT2D eigenvalue weighted by atomic mass is 10.2. The molecule has 0 heterocycles. The van der Waals surface area contributed by atoms with Gasteiger partial charge in [0.05, 0.1) is 28.7 Å². The summed E-state index contributed by atoms with van der Waals surface area (Å²) >= 11 is 2.25. The van der Waals surface area contributed by atoms with Crippen molar-refractivity contribution in [2.75, 3.05) is 18.6 Å². The number of nitrogens with zero attached hydrogens (tertiary/aromatic N) is 1. The smallest absolute Gasteiger partial charge is 0.174 e. The van der Waals surface area contributed by atoms with Gasteiger partial charge in [0.15, 0.2) is 11.5 Å². The molecule has 0 saturated heterocycles. The number of hydrogen-bond acceptors (Lipinski definition) is 4. The molecule has 0 saturated carbocycles. The maximum absolute atomic E-state index is 5.66. The van der Waals surface area contributed by atoms with Gasteiger partial charge in [-0.2, -0.15) is 5.10 Å². The van der Waals surface area contributed by atoms with Crippen molar-refractivity contribution in [1.82, 2.24) is 0 Å². The van der Waals surface area contributed by atoms with Crippen LogP contribution in [0.1, 0.15) is 19.4 Å². The molecule has 0 aliphatic rings. The predicted molar refractivity (Wildman–Crippen MR) is 99.2 cm³/mol. The van der Waals surface area contributed by atoms with E-state index in [-0.39, 0.29) is 0 Å². The second-order valence-electron chi connectivity index (χ2n) is 4.43. The van der Waals surface area contributed by atoms with Gasteiger partial charge in [0.1, 0.15) is 0 Å². The van der Waals surface area contributed by atoms with Gasteiger partial charge in [-0.1, -0.05) is 18.2 Å². The molecule has 2 aromatic rings. The highest BCUT2D eigenvalue weighted by atomic mass is 127. The van der Waals surface area contributed by atoms with E-state index >= 15 is 0 Å². The Kier molecular flexibility index (Phi) is 6.51. The van der Waals surface area contributed by atoms with Crippen LogP contribution in [-0.4, -0.2) is 19.4 Å². The van der Waals surface area contributed by atoms with Gasteiger partial charge in [-0.3, -0.25) is 5.43 Å². The quantitative estimate of drug-likeness (QED) is 0.414. The van der Waals surface area contributed by atoms with Gasteiger partial charge in [0.2, 0.25) is 0 Å². The van der Waals surface area contributed by atoms with Crippen molar-refractivity contribution in [1.29, 1.82) is 0 Å². The molecule has 1 N–H and O–H groups in total. The van der Waals surface area contributed by atoms with Gasteiger partial charge in [0.25, 0.3) is 0 Å². The zero-order valence-corrected chi connectivity index (χ0v) is 14.8. The lowest BCUT2D eigenvalue weighted by Gasteiger charge is -2.13. The molecule has 0 fully saturated rings. The Morgan fingerprint density at radius 1 is 1.09 bits per heavy atom. The Hall–Kier alpha value is -1.76. The van der Waals surface area contributed by atoms with E-state index in [0.717, 1.165) is 26.3 Å². The molecule has 0 bridgehead atoms. The molecule has 22 heavy (non-hydrogen) atoms. The Morgan fingerprint density at radius 3 is 2.50 bits per heavy atom. The van der Waals surface area contributed by atoms with Gasteiger partial charge in [-0.05, 0) is 66.3 Å². The first kappa shape index (κ1) is 16.6. The van der Waals surface area contributed by atoms with Gasteiger partial charge < -0.3 is 9.47 Å². The molecular formula is C17H19IN2O2. The van der Waals surface area contributed by atoms with Gasteiger partial charge in [0, 0.05) is 0 Å². The highest BCUT2D eigenvalue weighted by Crippen LogP contribution is 2.33. The highest BCUT2D eigenvalue weighted by Gasteiger charge is 2.11. The van der Waals surface area contributed by atoms with Gasteiger partial charge in [-0.15, -0.1) is 0 Å².